The van der Waals surface area contributed by atoms with Gasteiger partial charge in [0.2, 0.25) is 0 Å². The van der Waals surface area contributed by atoms with Crippen molar-refractivity contribution in [2.75, 3.05) is 20.3 Å². The first-order chi connectivity index (χ1) is 8.43. The molecule has 8 heteroatoms. The van der Waals surface area contributed by atoms with E-state index in [4.69, 9.17) is 15.0 Å². The highest BCUT2D eigenvalue weighted by Crippen LogP contribution is 2.23. The molecule has 0 heterocycles. The Balaban J connectivity index is 0. The van der Waals surface area contributed by atoms with Crippen molar-refractivity contribution in [3.05, 3.63) is 12.2 Å². The summed E-state index contributed by atoms with van der Waals surface area (Å²) in [5, 5.41) is 0. The summed E-state index contributed by atoms with van der Waals surface area (Å²) in [7, 11) is -3.29. The minimum absolute atomic E-state index is 0.0683. The molecule has 0 spiro atoms. The first-order valence-electron chi connectivity index (χ1n) is 5.51. The average molecular weight is 297 g/mol. The van der Waals surface area contributed by atoms with Gasteiger partial charge in [0.25, 0.3) is 0 Å². The smallest absolute Gasteiger partial charge is 0.397 e. The molecular formula is C11H23NO6S. The molecule has 0 atom stereocenters. The molecule has 114 valence electrons. The number of hydrogen-bond donors (Lipinski definition) is 2. The van der Waals surface area contributed by atoms with Gasteiger partial charge in [0.1, 0.15) is 6.61 Å². The van der Waals surface area contributed by atoms with Crippen molar-refractivity contribution in [2.45, 2.75) is 27.2 Å². The number of carbonyl (C=O) groups excluding carboxylic acids is 1. The van der Waals surface area contributed by atoms with Crippen LogP contribution < -0.4 is 5.73 Å². The summed E-state index contributed by atoms with van der Waals surface area (Å²) in [4.78, 5) is 11.2. The van der Waals surface area contributed by atoms with Gasteiger partial charge in [-0.3, -0.25) is 8.74 Å². The maximum absolute atomic E-state index is 11.2. The van der Waals surface area contributed by atoms with Gasteiger partial charge in [-0.1, -0.05) is 27.4 Å². The molecule has 3 N–H and O–H groups in total. The van der Waals surface area contributed by atoms with Gasteiger partial charge in [0.05, 0.1) is 7.11 Å². The van der Waals surface area contributed by atoms with Crippen LogP contribution in [0.3, 0.4) is 0 Å². The van der Waals surface area contributed by atoms with Gasteiger partial charge in [-0.25, -0.2) is 4.79 Å². The van der Waals surface area contributed by atoms with Crippen LogP contribution in [0.25, 0.3) is 0 Å². The lowest BCUT2D eigenvalue weighted by Crippen LogP contribution is -2.17. The zero-order valence-corrected chi connectivity index (χ0v) is 12.6. The number of carbonyl (C=O) groups is 1. The Morgan fingerprint density at radius 1 is 1.37 bits per heavy atom. The number of esters is 1. The molecule has 0 aliphatic rings. The number of hydrogen-bond acceptors (Lipinski definition) is 6. The summed E-state index contributed by atoms with van der Waals surface area (Å²) in [5.74, 6) is -0.333. The summed E-state index contributed by atoms with van der Waals surface area (Å²) in [5.41, 5.74) is 5.78. The Bertz CT molecular complexity index is 382. The van der Waals surface area contributed by atoms with Crippen molar-refractivity contribution >= 4 is 16.4 Å². The second kappa shape index (κ2) is 9.03. The summed E-state index contributed by atoms with van der Waals surface area (Å²) in [6.45, 7) is 10.4. The molecule has 0 aromatic carbocycles. The fourth-order valence-corrected chi connectivity index (χ4v) is 0.966. The SMILES string of the molecule is C=C(CC(C)(C)C)C(=O)OCCN.COS(=O)(=O)O. The number of nitrogens with two attached hydrogens (primary N) is 1. The quantitative estimate of drug-likeness (QED) is 0.440. The van der Waals surface area contributed by atoms with Gasteiger partial charge in [-0.2, -0.15) is 8.42 Å². The van der Waals surface area contributed by atoms with E-state index in [1.54, 1.807) is 0 Å². The van der Waals surface area contributed by atoms with Crippen molar-refractivity contribution < 1.29 is 26.7 Å². The molecule has 0 aromatic rings. The van der Waals surface area contributed by atoms with Crippen molar-refractivity contribution in [3.63, 3.8) is 0 Å². The number of ether oxygens (including phenoxy) is 1. The van der Waals surface area contributed by atoms with Crippen LogP contribution in [0.1, 0.15) is 27.2 Å². The average Bonchev–Trinajstić information content (AvgIpc) is 2.23. The molecule has 0 fully saturated rings. The van der Waals surface area contributed by atoms with E-state index >= 15 is 0 Å². The van der Waals surface area contributed by atoms with Crippen LogP contribution in [0.5, 0.6) is 0 Å². The Labute approximate surface area is 114 Å². The van der Waals surface area contributed by atoms with Crippen molar-refractivity contribution in [1.29, 1.82) is 0 Å². The standard InChI is InChI=1S/C10H19NO2.CH4O4S/c1-8(7-10(2,3)4)9(12)13-6-5-11;1-5-6(2,3)4/h1,5-7,11H2,2-4H3;1H3,(H,2,3,4). The zero-order chi connectivity index (χ0) is 15.7. The third-order valence-corrected chi connectivity index (χ3v) is 2.02. The second-order valence-corrected chi connectivity index (χ2v) is 6.05. The molecule has 0 radical (unpaired) electrons. The molecule has 0 amide bonds. The van der Waals surface area contributed by atoms with Crippen LogP contribution in [-0.2, 0) is 24.1 Å². The monoisotopic (exact) mass is 297 g/mol. The molecule has 0 saturated heterocycles. The maximum atomic E-state index is 11.2. The second-order valence-electron chi connectivity index (χ2n) is 4.86. The molecule has 0 rings (SSSR count). The van der Waals surface area contributed by atoms with E-state index in [2.05, 4.69) is 10.8 Å². The maximum Gasteiger partial charge on any atom is 0.397 e. The zero-order valence-electron chi connectivity index (χ0n) is 11.8. The third kappa shape index (κ3) is 17.0. The molecule has 19 heavy (non-hydrogen) atoms. The summed E-state index contributed by atoms with van der Waals surface area (Å²) in [6, 6.07) is 0. The normalized spacial score (nSPS) is 11.3. The lowest BCUT2D eigenvalue weighted by molar-refractivity contribution is -0.139. The van der Waals surface area contributed by atoms with Gasteiger partial charge in [-0.05, 0) is 11.8 Å². The van der Waals surface area contributed by atoms with E-state index in [0.717, 1.165) is 7.11 Å². The highest BCUT2D eigenvalue weighted by Gasteiger charge is 2.17. The molecule has 0 aromatic heterocycles. The Hall–Kier alpha value is -0.960. The first kappa shape index (κ1) is 20.4. The number of rotatable bonds is 5. The van der Waals surface area contributed by atoms with Crippen LogP contribution >= 0.6 is 0 Å². The van der Waals surface area contributed by atoms with Gasteiger partial charge >= 0.3 is 16.4 Å². The highest BCUT2D eigenvalue weighted by atomic mass is 32.3. The van der Waals surface area contributed by atoms with Gasteiger partial charge < -0.3 is 10.5 Å². The van der Waals surface area contributed by atoms with Crippen LogP contribution in [0.4, 0.5) is 0 Å². The van der Waals surface area contributed by atoms with Gasteiger partial charge in [-0.15, -0.1) is 0 Å². The fraction of sp³-hybridized carbons (Fsp3) is 0.727. The summed E-state index contributed by atoms with van der Waals surface area (Å²) >= 11 is 0. The van der Waals surface area contributed by atoms with E-state index in [1.165, 1.54) is 0 Å². The Kier molecular flexibility index (Phi) is 9.67. The molecule has 0 aliphatic heterocycles. The molecule has 0 unspecified atom stereocenters. The van der Waals surface area contributed by atoms with E-state index < -0.39 is 10.4 Å². The first-order valence-corrected chi connectivity index (χ1v) is 6.87. The Morgan fingerprint density at radius 2 is 1.79 bits per heavy atom. The minimum Gasteiger partial charge on any atom is -0.461 e. The summed E-state index contributed by atoms with van der Waals surface area (Å²) < 4.78 is 34.5. The predicted octanol–water partition coefficient (Wildman–Crippen LogP) is 0.916. The van der Waals surface area contributed by atoms with Crippen LogP contribution in [0.15, 0.2) is 12.2 Å². The molecule has 0 saturated carbocycles. The van der Waals surface area contributed by atoms with Crippen molar-refractivity contribution in [2.24, 2.45) is 11.1 Å². The molecule has 0 bridgehead atoms. The van der Waals surface area contributed by atoms with Crippen LogP contribution in [-0.4, -0.2) is 39.2 Å². The molecular weight excluding hydrogens is 274 g/mol. The molecule has 0 aliphatic carbocycles. The van der Waals surface area contributed by atoms with Crippen LogP contribution in [0, 0.1) is 5.41 Å². The topological polar surface area (TPSA) is 116 Å². The predicted molar refractivity (Wildman–Crippen MR) is 71.8 cm³/mol. The highest BCUT2D eigenvalue weighted by molar-refractivity contribution is 7.80. The molecule has 7 nitrogen and oxygen atoms in total. The largest absolute Gasteiger partial charge is 0.461 e. The van der Waals surface area contributed by atoms with E-state index in [1.807, 2.05) is 20.8 Å². The fourth-order valence-electron chi connectivity index (χ4n) is 0.966. The minimum atomic E-state index is -4.16. The van der Waals surface area contributed by atoms with Crippen molar-refractivity contribution in [3.8, 4) is 0 Å². The van der Waals surface area contributed by atoms with E-state index in [-0.39, 0.29) is 18.0 Å². The van der Waals surface area contributed by atoms with Gasteiger partial charge in [0.15, 0.2) is 0 Å². The van der Waals surface area contributed by atoms with Crippen LogP contribution in [0.2, 0.25) is 0 Å². The lowest BCUT2D eigenvalue weighted by Gasteiger charge is -2.18. The van der Waals surface area contributed by atoms with Gasteiger partial charge in [0, 0.05) is 12.1 Å². The third-order valence-electron chi connectivity index (χ3n) is 1.59. The lowest BCUT2D eigenvalue weighted by atomic mass is 9.88. The van der Waals surface area contributed by atoms with E-state index in [0.29, 0.717) is 18.5 Å². The summed E-state index contributed by atoms with van der Waals surface area (Å²) in [6.07, 6.45) is 0.649. The Morgan fingerprint density at radius 3 is 2.05 bits per heavy atom. The van der Waals surface area contributed by atoms with E-state index in [9.17, 15) is 13.2 Å². The van der Waals surface area contributed by atoms with Crippen molar-refractivity contribution in [1.82, 2.24) is 0 Å².